The van der Waals surface area contributed by atoms with Crippen LogP contribution in [0.5, 0.6) is 0 Å². The van der Waals surface area contributed by atoms with E-state index in [2.05, 4.69) is 5.32 Å². The van der Waals surface area contributed by atoms with Crippen molar-refractivity contribution in [2.24, 2.45) is 0 Å². The molecule has 0 aliphatic heterocycles. The molecule has 1 rings (SSSR count). The zero-order chi connectivity index (χ0) is 14.3. The van der Waals surface area contributed by atoms with Crippen LogP contribution >= 0.6 is 0 Å². The number of hydrogen-bond donors (Lipinski definition) is 1. The van der Waals surface area contributed by atoms with E-state index in [0.717, 1.165) is 11.9 Å². The first-order valence-corrected chi connectivity index (χ1v) is 7.70. The van der Waals surface area contributed by atoms with Gasteiger partial charge in [-0.2, -0.15) is 0 Å². The van der Waals surface area contributed by atoms with E-state index in [-0.39, 0.29) is 10.9 Å². The molecule has 0 spiro atoms. The fourth-order valence-electron chi connectivity index (χ4n) is 1.34. The summed E-state index contributed by atoms with van der Waals surface area (Å²) >= 11 is 0. The van der Waals surface area contributed by atoms with E-state index in [9.17, 15) is 13.2 Å². The second kappa shape index (κ2) is 6.94. The molecule has 0 atom stereocenters. The summed E-state index contributed by atoms with van der Waals surface area (Å²) in [5.74, 6) is -0.378. The number of nitrogens with one attached hydrogen (secondary N) is 1. The molecule has 104 valence electrons. The number of carbonyl (C=O) groups excluding carboxylic acids is 1. The van der Waals surface area contributed by atoms with Crippen LogP contribution in [0.4, 0.5) is 5.69 Å². The van der Waals surface area contributed by atoms with Crippen molar-refractivity contribution in [3.05, 3.63) is 36.4 Å². The lowest BCUT2D eigenvalue weighted by molar-refractivity contribution is -0.137. The van der Waals surface area contributed by atoms with Crippen molar-refractivity contribution in [1.82, 2.24) is 0 Å². The van der Waals surface area contributed by atoms with Gasteiger partial charge in [-0.05, 0) is 31.2 Å². The Labute approximate surface area is 113 Å². The van der Waals surface area contributed by atoms with Gasteiger partial charge in [-0.1, -0.05) is 6.08 Å². The Morgan fingerprint density at radius 3 is 2.47 bits per heavy atom. The predicted molar refractivity (Wildman–Crippen MR) is 73.8 cm³/mol. The summed E-state index contributed by atoms with van der Waals surface area (Å²) in [5.41, 5.74) is 0.779. The van der Waals surface area contributed by atoms with Gasteiger partial charge in [-0.3, -0.25) is 0 Å². The smallest absolute Gasteiger partial charge is 0.330 e. The fourth-order valence-corrected chi connectivity index (χ4v) is 1.97. The number of esters is 1. The molecule has 19 heavy (non-hydrogen) atoms. The maximum atomic E-state index is 11.3. The highest BCUT2D eigenvalue weighted by molar-refractivity contribution is 7.90. The summed E-state index contributed by atoms with van der Waals surface area (Å²) in [5, 5.41) is 3.03. The maximum absolute atomic E-state index is 11.3. The van der Waals surface area contributed by atoms with Crippen molar-refractivity contribution in [1.29, 1.82) is 0 Å². The highest BCUT2D eigenvalue weighted by Gasteiger charge is 2.05. The molecular weight excluding hydrogens is 266 g/mol. The van der Waals surface area contributed by atoms with E-state index in [1.54, 1.807) is 25.1 Å². The van der Waals surface area contributed by atoms with Crippen molar-refractivity contribution in [2.45, 2.75) is 11.8 Å². The van der Waals surface area contributed by atoms with Crippen LogP contribution in [-0.4, -0.2) is 33.8 Å². The van der Waals surface area contributed by atoms with E-state index in [0.29, 0.717) is 13.2 Å². The van der Waals surface area contributed by atoms with Crippen LogP contribution in [0.3, 0.4) is 0 Å². The van der Waals surface area contributed by atoms with Gasteiger partial charge >= 0.3 is 5.97 Å². The van der Waals surface area contributed by atoms with Crippen LogP contribution < -0.4 is 5.32 Å². The number of ether oxygens (including phenoxy) is 1. The molecule has 0 heterocycles. The van der Waals surface area contributed by atoms with Gasteiger partial charge in [0, 0.05) is 24.6 Å². The zero-order valence-electron chi connectivity index (χ0n) is 10.9. The molecule has 5 nitrogen and oxygen atoms in total. The van der Waals surface area contributed by atoms with Crippen LogP contribution in [0.2, 0.25) is 0 Å². The van der Waals surface area contributed by atoms with Gasteiger partial charge in [0.15, 0.2) is 9.84 Å². The van der Waals surface area contributed by atoms with Crippen LogP contribution in [0.15, 0.2) is 41.3 Å². The Bertz CT molecular complexity index is 547. The third-order valence-electron chi connectivity index (χ3n) is 2.25. The minimum atomic E-state index is -3.17. The minimum Gasteiger partial charge on any atom is -0.463 e. The summed E-state index contributed by atoms with van der Waals surface area (Å²) in [7, 11) is -3.17. The number of hydrogen-bond acceptors (Lipinski definition) is 5. The summed E-state index contributed by atoms with van der Waals surface area (Å²) in [6.07, 6.45) is 4.15. The maximum Gasteiger partial charge on any atom is 0.330 e. The third-order valence-corrected chi connectivity index (χ3v) is 3.38. The van der Waals surface area contributed by atoms with Gasteiger partial charge in [-0.25, -0.2) is 13.2 Å². The van der Waals surface area contributed by atoms with E-state index in [1.165, 1.54) is 18.2 Å². The number of sulfone groups is 1. The molecular formula is C13H17NO4S. The third kappa shape index (κ3) is 5.56. The van der Waals surface area contributed by atoms with Gasteiger partial charge in [0.1, 0.15) is 0 Å². The monoisotopic (exact) mass is 283 g/mol. The molecule has 0 fully saturated rings. The van der Waals surface area contributed by atoms with Crippen molar-refractivity contribution >= 4 is 21.5 Å². The topological polar surface area (TPSA) is 72.5 Å². The van der Waals surface area contributed by atoms with Gasteiger partial charge in [0.2, 0.25) is 0 Å². The molecule has 1 aromatic rings. The summed E-state index contributed by atoms with van der Waals surface area (Å²) in [6, 6.07) is 6.42. The number of rotatable bonds is 6. The first-order valence-electron chi connectivity index (χ1n) is 5.80. The lowest BCUT2D eigenvalue weighted by Crippen LogP contribution is -2.03. The Balaban J connectivity index is 2.49. The van der Waals surface area contributed by atoms with Crippen LogP contribution in [-0.2, 0) is 19.4 Å². The Hall–Kier alpha value is -1.82. The summed E-state index contributed by atoms with van der Waals surface area (Å²) < 4.78 is 27.2. The zero-order valence-corrected chi connectivity index (χ0v) is 11.7. The summed E-state index contributed by atoms with van der Waals surface area (Å²) in [6.45, 7) is 2.55. The average molecular weight is 283 g/mol. The second-order valence-corrected chi connectivity index (χ2v) is 5.85. The molecule has 0 radical (unpaired) electrons. The molecule has 0 aliphatic carbocycles. The van der Waals surface area contributed by atoms with Crippen molar-refractivity contribution in [3.8, 4) is 0 Å². The van der Waals surface area contributed by atoms with Crippen LogP contribution in [0.1, 0.15) is 6.92 Å². The molecule has 0 aliphatic rings. The van der Waals surface area contributed by atoms with E-state index in [4.69, 9.17) is 4.74 Å². The average Bonchev–Trinajstić information content (AvgIpc) is 2.34. The molecule has 1 aromatic carbocycles. The van der Waals surface area contributed by atoms with Crippen LogP contribution in [0.25, 0.3) is 0 Å². The Morgan fingerprint density at radius 1 is 1.32 bits per heavy atom. The standard InChI is InChI=1S/C13H17NO4S/c1-3-18-13(15)5-4-10-14-11-6-8-12(9-7-11)19(2,16)17/h4-9,14H,3,10H2,1-2H3/b5-4+. The highest BCUT2D eigenvalue weighted by atomic mass is 32.2. The molecule has 0 bridgehead atoms. The number of benzene rings is 1. The Kier molecular flexibility index (Phi) is 5.57. The van der Waals surface area contributed by atoms with Gasteiger partial charge in [0.05, 0.1) is 11.5 Å². The van der Waals surface area contributed by atoms with E-state index >= 15 is 0 Å². The molecule has 6 heteroatoms. The van der Waals surface area contributed by atoms with Crippen molar-refractivity contribution < 1.29 is 17.9 Å². The molecule has 0 amide bonds. The van der Waals surface area contributed by atoms with Crippen molar-refractivity contribution in [3.63, 3.8) is 0 Å². The fraction of sp³-hybridized carbons (Fsp3) is 0.308. The first-order chi connectivity index (χ1) is 8.93. The largest absolute Gasteiger partial charge is 0.463 e. The number of carbonyl (C=O) groups is 1. The van der Waals surface area contributed by atoms with Gasteiger partial charge in [-0.15, -0.1) is 0 Å². The molecule has 0 saturated heterocycles. The van der Waals surface area contributed by atoms with Crippen molar-refractivity contribution in [2.75, 3.05) is 24.7 Å². The van der Waals surface area contributed by atoms with Gasteiger partial charge in [0.25, 0.3) is 0 Å². The lowest BCUT2D eigenvalue weighted by Gasteiger charge is -2.04. The number of anilines is 1. The first kappa shape index (κ1) is 15.2. The van der Waals surface area contributed by atoms with Crippen LogP contribution in [0, 0.1) is 0 Å². The normalized spacial score (nSPS) is 11.5. The molecule has 0 unspecified atom stereocenters. The quantitative estimate of drug-likeness (QED) is 0.634. The van der Waals surface area contributed by atoms with E-state index < -0.39 is 9.84 Å². The molecule has 0 aromatic heterocycles. The predicted octanol–water partition coefficient (Wildman–Crippen LogP) is 1.62. The lowest BCUT2D eigenvalue weighted by atomic mass is 10.3. The minimum absolute atomic E-state index is 0.278. The molecule has 1 N–H and O–H groups in total. The summed E-state index contributed by atoms with van der Waals surface area (Å²) in [4.78, 5) is 11.3. The highest BCUT2D eigenvalue weighted by Crippen LogP contribution is 2.13. The van der Waals surface area contributed by atoms with Gasteiger partial charge < -0.3 is 10.1 Å². The van der Waals surface area contributed by atoms with E-state index in [1.807, 2.05) is 0 Å². The second-order valence-electron chi connectivity index (χ2n) is 3.83. The molecule has 0 saturated carbocycles. The SMILES string of the molecule is CCOC(=O)/C=C/CNc1ccc(S(C)(=O)=O)cc1. The Morgan fingerprint density at radius 2 is 1.95 bits per heavy atom.